The van der Waals surface area contributed by atoms with Gasteiger partial charge in [0, 0.05) is 39.4 Å². The van der Waals surface area contributed by atoms with Crippen LogP contribution in [0.25, 0.3) is 21.3 Å². The van der Waals surface area contributed by atoms with Crippen LogP contribution in [0, 0.1) is 13.2 Å². The first-order valence-electron chi connectivity index (χ1n) is 7.44. The zero-order valence-electron chi connectivity index (χ0n) is 16.5. The molecule has 0 aromatic heterocycles. The van der Waals surface area contributed by atoms with Gasteiger partial charge in [0.2, 0.25) is 0 Å². The van der Waals surface area contributed by atoms with E-state index in [1.165, 1.54) is 12.8 Å². The van der Waals surface area contributed by atoms with E-state index in [0.717, 1.165) is 26.1 Å². The van der Waals surface area contributed by atoms with Gasteiger partial charge in [0.05, 0.1) is 0 Å². The van der Waals surface area contributed by atoms with Gasteiger partial charge in [-0.05, 0) is 0 Å². The summed E-state index contributed by atoms with van der Waals surface area (Å²) in [6.45, 7) is 5.61. The Morgan fingerprint density at radius 2 is 0.783 bits per heavy atom. The first-order valence-corrected chi connectivity index (χ1v) is 7.44. The van der Waals surface area contributed by atoms with Crippen LogP contribution in [0.3, 0.4) is 0 Å². The van der Waals surface area contributed by atoms with E-state index in [9.17, 15) is 0 Å². The van der Waals surface area contributed by atoms with Gasteiger partial charge in [0.1, 0.15) is 0 Å². The maximum Gasteiger partial charge on any atom is 0.00878 e. The SMILES string of the molecule is C[N-]C.C[N-]C.C[N-]C.C[N-]C.[CH-]1CCCO1.[CH-]1CCCO1.[Zr]. The number of nitrogens with zero attached hydrogens (tertiary/aromatic N) is 4. The molecule has 6 nitrogen and oxygen atoms in total. The van der Waals surface area contributed by atoms with E-state index in [1.54, 1.807) is 56.4 Å². The van der Waals surface area contributed by atoms with E-state index in [-0.39, 0.29) is 26.2 Å². The topological polar surface area (TPSA) is 74.9 Å². The smallest absolute Gasteiger partial charge is 0.00878 e. The Morgan fingerprint density at radius 3 is 0.826 bits per heavy atom. The molecule has 2 saturated heterocycles. The van der Waals surface area contributed by atoms with Crippen LogP contribution in [-0.4, -0.2) is 69.6 Å². The molecule has 2 aliphatic rings. The van der Waals surface area contributed by atoms with Crippen molar-refractivity contribution in [3.05, 3.63) is 34.5 Å². The van der Waals surface area contributed by atoms with Crippen molar-refractivity contribution in [3.63, 3.8) is 0 Å². The van der Waals surface area contributed by atoms with Gasteiger partial charge in [-0.1, -0.05) is 12.8 Å². The van der Waals surface area contributed by atoms with E-state index in [2.05, 4.69) is 21.3 Å². The van der Waals surface area contributed by atoms with Gasteiger partial charge in [0.25, 0.3) is 0 Å². The second-order valence-corrected chi connectivity index (χ2v) is 4.15. The van der Waals surface area contributed by atoms with Gasteiger partial charge in [-0.3, -0.25) is 0 Å². The average molecular weight is 410 g/mol. The van der Waals surface area contributed by atoms with Gasteiger partial charge in [0.15, 0.2) is 0 Å². The molecule has 0 unspecified atom stereocenters. The van der Waals surface area contributed by atoms with E-state index in [1.807, 2.05) is 13.2 Å². The molecule has 0 atom stereocenters. The Balaban J connectivity index is -0.0000000573. The second-order valence-electron chi connectivity index (χ2n) is 4.15. The molecule has 0 radical (unpaired) electrons. The Labute approximate surface area is 165 Å². The molecular weight excluding hydrogens is 371 g/mol. The molecule has 0 N–H and O–H groups in total. The van der Waals surface area contributed by atoms with Crippen LogP contribution in [0.1, 0.15) is 25.7 Å². The monoisotopic (exact) mass is 408 g/mol. The first-order chi connectivity index (χ1) is 10.7. The molecule has 144 valence electrons. The van der Waals surface area contributed by atoms with Crippen LogP contribution in [0.5, 0.6) is 0 Å². The molecule has 2 rings (SSSR count). The fraction of sp³-hybridized carbons (Fsp3) is 0.875. The van der Waals surface area contributed by atoms with Crippen molar-refractivity contribution in [2.24, 2.45) is 0 Å². The van der Waals surface area contributed by atoms with E-state index in [0.29, 0.717) is 0 Å². The maximum absolute atomic E-state index is 4.82. The van der Waals surface area contributed by atoms with Crippen molar-refractivity contribution in [1.29, 1.82) is 0 Å². The molecule has 2 heterocycles. The van der Waals surface area contributed by atoms with Crippen LogP contribution >= 0.6 is 0 Å². The normalized spacial score (nSPS) is 13.6. The van der Waals surface area contributed by atoms with Crippen LogP contribution in [0.2, 0.25) is 0 Å². The van der Waals surface area contributed by atoms with Gasteiger partial charge in [-0.25, -0.2) is 13.2 Å². The molecule has 0 saturated carbocycles. The van der Waals surface area contributed by atoms with Gasteiger partial charge in [-0.2, -0.15) is 69.2 Å². The molecule has 0 amide bonds. The number of rotatable bonds is 0. The van der Waals surface area contributed by atoms with Gasteiger partial charge < -0.3 is 30.7 Å². The predicted molar refractivity (Wildman–Crippen MR) is 99.8 cm³/mol. The molecule has 0 aromatic rings. The number of ether oxygens (including phenoxy) is 2. The number of hydrogen-bond donors (Lipinski definition) is 0. The third kappa shape index (κ3) is 85.2. The molecule has 0 spiro atoms. The van der Waals surface area contributed by atoms with Crippen molar-refractivity contribution in [3.8, 4) is 0 Å². The van der Waals surface area contributed by atoms with Crippen molar-refractivity contribution < 1.29 is 35.7 Å². The molecule has 2 aliphatic heterocycles. The number of hydrogen-bond acceptors (Lipinski definition) is 2. The quantitative estimate of drug-likeness (QED) is 0.556. The summed E-state index contributed by atoms with van der Waals surface area (Å²) in [6, 6.07) is 0. The fourth-order valence-corrected chi connectivity index (χ4v) is 0.833. The summed E-state index contributed by atoms with van der Waals surface area (Å²) in [5, 5.41) is 14.0. The van der Waals surface area contributed by atoms with E-state index >= 15 is 0 Å². The summed E-state index contributed by atoms with van der Waals surface area (Å²) < 4.78 is 9.64. The summed E-state index contributed by atoms with van der Waals surface area (Å²) >= 11 is 0. The average Bonchev–Trinajstić information content (AvgIpc) is 3.21. The summed E-state index contributed by atoms with van der Waals surface area (Å²) in [5.74, 6) is 0. The van der Waals surface area contributed by atoms with Crippen molar-refractivity contribution in [1.82, 2.24) is 0 Å². The molecule has 23 heavy (non-hydrogen) atoms. The zero-order valence-corrected chi connectivity index (χ0v) is 19.0. The van der Waals surface area contributed by atoms with Crippen molar-refractivity contribution in [2.45, 2.75) is 25.7 Å². The minimum Gasteiger partial charge on any atom is -0.668 e. The second kappa shape index (κ2) is 49.5. The Kier molecular flexibility index (Phi) is 75.0. The molecule has 0 bridgehead atoms. The summed E-state index contributed by atoms with van der Waals surface area (Å²) in [6.07, 6.45) is 4.75. The van der Waals surface area contributed by atoms with Gasteiger partial charge >= 0.3 is 0 Å². The zero-order chi connectivity index (χ0) is 17.9. The summed E-state index contributed by atoms with van der Waals surface area (Å²) in [4.78, 5) is 0. The van der Waals surface area contributed by atoms with Crippen molar-refractivity contribution >= 4 is 0 Å². The van der Waals surface area contributed by atoms with Crippen molar-refractivity contribution in [2.75, 3.05) is 69.6 Å². The fourth-order valence-electron chi connectivity index (χ4n) is 0.833. The Bertz CT molecular complexity index is 95.4. The van der Waals surface area contributed by atoms with Crippen LogP contribution in [0.4, 0.5) is 0 Å². The largest absolute Gasteiger partial charge is 0.668 e. The predicted octanol–water partition coefficient (Wildman–Crippen LogP) is 4.39. The van der Waals surface area contributed by atoms with Crippen LogP contribution < -0.4 is 0 Å². The molecule has 0 aliphatic carbocycles. The molecular formula is C16H38N4O2Zr-6. The summed E-state index contributed by atoms with van der Waals surface area (Å²) in [5.41, 5.74) is 0. The minimum absolute atomic E-state index is 0. The third-order valence-electron chi connectivity index (χ3n) is 1.40. The Morgan fingerprint density at radius 1 is 0.565 bits per heavy atom. The standard InChI is InChI=1S/2C4H7O.4C2H6N.Zr/c2*1-2-4-5-3-1;4*1-3-2;/h2*3H,1-2,4H2;4*1-2H3;/q6*-1;. The maximum atomic E-state index is 4.82. The Hall–Kier alpha value is 0.643. The van der Waals surface area contributed by atoms with Crippen LogP contribution in [-0.2, 0) is 35.7 Å². The third-order valence-corrected chi connectivity index (χ3v) is 1.40. The first kappa shape index (κ1) is 34.9. The molecule has 2 fully saturated rings. The van der Waals surface area contributed by atoms with E-state index < -0.39 is 0 Å². The van der Waals surface area contributed by atoms with Crippen LogP contribution in [0.15, 0.2) is 0 Å². The van der Waals surface area contributed by atoms with Gasteiger partial charge in [-0.15, -0.1) is 0 Å². The molecule has 7 heteroatoms. The molecule has 0 aromatic carbocycles. The van der Waals surface area contributed by atoms with E-state index in [4.69, 9.17) is 9.47 Å². The minimum atomic E-state index is 0. The summed E-state index contributed by atoms with van der Waals surface area (Å²) in [7, 11) is 14.0.